The number of amides is 1. The molecule has 0 radical (unpaired) electrons. The van der Waals surface area contributed by atoms with Gasteiger partial charge in [-0.05, 0) is 57.8 Å². The highest BCUT2D eigenvalue weighted by Crippen LogP contribution is 2.31. The van der Waals surface area contributed by atoms with Crippen molar-refractivity contribution in [3.05, 3.63) is 48.6 Å². The number of allylic oxidation sites excluding steroid dienone is 7. The van der Waals surface area contributed by atoms with Crippen molar-refractivity contribution in [1.82, 2.24) is 5.32 Å². The third-order valence-corrected chi connectivity index (χ3v) is 23.0. The number of rotatable bonds is 81. The van der Waals surface area contributed by atoms with E-state index in [9.17, 15) is 45.6 Å². The number of unbranched alkanes of at least 4 members (excludes halogenated alkanes) is 62. The molecule has 2 fully saturated rings. The molecule has 2 heterocycles. The average molecular weight is 1530 g/mol. The summed E-state index contributed by atoms with van der Waals surface area (Å²) in [6.07, 6.45) is 89.6. The van der Waals surface area contributed by atoms with Gasteiger partial charge in [0, 0.05) is 6.42 Å². The number of aliphatic hydroxyl groups excluding tert-OH is 8. The lowest BCUT2D eigenvalue weighted by molar-refractivity contribution is -0.359. The molecule has 108 heavy (non-hydrogen) atoms. The number of carbonyl (C=O) groups excluding carboxylic acids is 1. The molecular formula is C94H177NO13. The number of carbonyl (C=O) groups is 1. The Hall–Kier alpha value is -2.05. The lowest BCUT2D eigenvalue weighted by Crippen LogP contribution is -2.65. The number of aliphatic hydroxyl groups is 8. The third kappa shape index (κ3) is 58.7. The van der Waals surface area contributed by atoms with Crippen molar-refractivity contribution < 1.29 is 64.6 Å². The van der Waals surface area contributed by atoms with Gasteiger partial charge in [0.25, 0.3) is 0 Å². The maximum Gasteiger partial charge on any atom is 0.220 e. The minimum atomic E-state index is -1.79. The van der Waals surface area contributed by atoms with Crippen LogP contribution < -0.4 is 5.32 Å². The second kappa shape index (κ2) is 77.5. The molecule has 2 aliphatic heterocycles. The van der Waals surface area contributed by atoms with E-state index in [1.165, 1.54) is 372 Å². The van der Waals surface area contributed by atoms with Crippen molar-refractivity contribution >= 4 is 5.91 Å². The summed E-state index contributed by atoms with van der Waals surface area (Å²) in [7, 11) is 0. The first kappa shape index (κ1) is 102. The fourth-order valence-electron chi connectivity index (χ4n) is 15.7. The van der Waals surface area contributed by atoms with Crippen LogP contribution in [0.25, 0.3) is 0 Å². The van der Waals surface area contributed by atoms with Gasteiger partial charge in [0.2, 0.25) is 5.91 Å². The number of hydrogen-bond acceptors (Lipinski definition) is 13. The van der Waals surface area contributed by atoms with Crippen LogP contribution in [0.2, 0.25) is 0 Å². The van der Waals surface area contributed by atoms with Crippen LogP contribution in [0, 0.1) is 0 Å². The predicted octanol–water partition coefficient (Wildman–Crippen LogP) is 23.3. The maximum atomic E-state index is 13.4. The fourth-order valence-corrected chi connectivity index (χ4v) is 15.7. The molecule has 2 aliphatic rings. The second-order valence-electron chi connectivity index (χ2n) is 33.1. The van der Waals surface area contributed by atoms with Crippen LogP contribution in [0.4, 0.5) is 0 Å². The quantitative estimate of drug-likeness (QED) is 0.0204. The van der Waals surface area contributed by atoms with Crippen molar-refractivity contribution in [3.63, 3.8) is 0 Å². The number of ether oxygens (including phenoxy) is 4. The minimum absolute atomic E-state index is 0.229. The van der Waals surface area contributed by atoms with Crippen molar-refractivity contribution in [2.75, 3.05) is 19.8 Å². The Morgan fingerprint density at radius 2 is 0.611 bits per heavy atom. The molecule has 1 amide bonds. The van der Waals surface area contributed by atoms with Gasteiger partial charge in [0.15, 0.2) is 12.6 Å². The van der Waals surface area contributed by atoms with Crippen molar-refractivity contribution in [2.24, 2.45) is 0 Å². The summed E-state index contributed by atoms with van der Waals surface area (Å²) in [5.41, 5.74) is 0. The summed E-state index contributed by atoms with van der Waals surface area (Å²) >= 11 is 0. The van der Waals surface area contributed by atoms with Crippen molar-refractivity contribution in [1.29, 1.82) is 0 Å². The third-order valence-electron chi connectivity index (χ3n) is 23.0. The first-order valence-corrected chi connectivity index (χ1v) is 46.9. The van der Waals surface area contributed by atoms with Crippen LogP contribution in [-0.2, 0) is 23.7 Å². The highest BCUT2D eigenvalue weighted by atomic mass is 16.7. The van der Waals surface area contributed by atoms with Crippen LogP contribution in [-0.4, -0.2) is 140 Å². The molecule has 0 aliphatic carbocycles. The molecule has 14 heteroatoms. The molecule has 9 N–H and O–H groups in total. The molecule has 0 bridgehead atoms. The van der Waals surface area contributed by atoms with Gasteiger partial charge < -0.3 is 65.1 Å². The molecule has 12 atom stereocenters. The van der Waals surface area contributed by atoms with E-state index in [1.807, 2.05) is 6.08 Å². The lowest BCUT2D eigenvalue weighted by atomic mass is 9.97. The molecule has 0 aromatic heterocycles. The Bertz CT molecular complexity index is 2000. The monoisotopic (exact) mass is 1530 g/mol. The maximum absolute atomic E-state index is 13.4. The van der Waals surface area contributed by atoms with Gasteiger partial charge in [0.05, 0.1) is 32.0 Å². The molecule has 14 nitrogen and oxygen atoms in total. The van der Waals surface area contributed by atoms with E-state index in [4.69, 9.17) is 18.9 Å². The predicted molar refractivity (Wildman–Crippen MR) is 452 cm³/mol. The SMILES string of the molecule is CCCCCCC/C=C\C/C=C\C/C=C\CCCCCCCCCCCCCCCCCCCCCCCCCCCCC(=O)NC(COC1OC(CO)C(OC2OC(CO)C(O)C(O)C2O)C(O)C1O)C(O)/C=C/CCCCCCCCCCCCCCCCCCCCCCCCCCCCCCCCC. The Balaban J connectivity index is 1.54. The highest BCUT2D eigenvalue weighted by molar-refractivity contribution is 5.76. The van der Waals surface area contributed by atoms with E-state index >= 15 is 0 Å². The van der Waals surface area contributed by atoms with E-state index in [0.717, 1.165) is 51.4 Å². The van der Waals surface area contributed by atoms with Crippen LogP contribution in [0.15, 0.2) is 48.6 Å². The summed E-state index contributed by atoms with van der Waals surface area (Å²) in [4.78, 5) is 13.4. The van der Waals surface area contributed by atoms with E-state index in [2.05, 4.69) is 55.6 Å². The summed E-state index contributed by atoms with van der Waals surface area (Å²) in [5.74, 6) is -0.229. The fraction of sp³-hybridized carbons (Fsp3) is 0.904. The van der Waals surface area contributed by atoms with Gasteiger partial charge >= 0.3 is 0 Å². The Labute approximate surface area is 664 Å². The van der Waals surface area contributed by atoms with Crippen molar-refractivity contribution in [3.8, 4) is 0 Å². The molecule has 0 saturated carbocycles. The van der Waals surface area contributed by atoms with Gasteiger partial charge in [-0.3, -0.25) is 4.79 Å². The largest absolute Gasteiger partial charge is 0.394 e. The van der Waals surface area contributed by atoms with Gasteiger partial charge in [-0.1, -0.05) is 435 Å². The van der Waals surface area contributed by atoms with Crippen LogP contribution in [0.5, 0.6) is 0 Å². The average Bonchev–Trinajstić information content (AvgIpc) is 0.789. The van der Waals surface area contributed by atoms with E-state index in [0.29, 0.717) is 6.42 Å². The molecule has 2 rings (SSSR count). The Kier molecular flexibility index (Phi) is 73.2. The lowest BCUT2D eigenvalue weighted by Gasteiger charge is -2.46. The van der Waals surface area contributed by atoms with Crippen LogP contribution >= 0.6 is 0 Å². The standard InChI is InChI=1S/C94H177NO13/c1-3-5-7-9-11-13-15-17-19-21-23-25-27-29-31-33-35-37-38-39-40-41-42-43-44-46-48-50-52-54-56-58-60-62-64-66-68-70-72-74-76-78-86(99)95-82(81-105-93-91(104)89(102)92(85(80-97)107-93)108-94-90(103)88(101)87(100)84(79-96)106-94)83(98)77-75-73-71-69-67-65-63-61-59-57-55-53-51-49-47-45-36-34-32-30-28-26-24-22-20-18-16-14-12-10-8-6-4-2/h15,17,21,23,27,29,75,77,82-85,87-94,96-98,100-104H,3-14,16,18-20,22,24-26,28,30-74,76,78-81H2,1-2H3,(H,95,99)/b17-15-,23-21-,29-27-,77-75+. The Morgan fingerprint density at radius 3 is 0.935 bits per heavy atom. The first-order chi connectivity index (χ1) is 53.1. The first-order valence-electron chi connectivity index (χ1n) is 46.9. The van der Waals surface area contributed by atoms with E-state index < -0.39 is 86.8 Å². The molecule has 0 spiro atoms. The Morgan fingerprint density at radius 1 is 0.333 bits per heavy atom. The van der Waals surface area contributed by atoms with E-state index in [-0.39, 0.29) is 18.9 Å². The van der Waals surface area contributed by atoms with Crippen molar-refractivity contribution in [2.45, 2.75) is 524 Å². The normalized spacial score (nSPS) is 21.3. The summed E-state index contributed by atoms with van der Waals surface area (Å²) in [5, 5.41) is 87.9. The molecule has 12 unspecified atom stereocenters. The van der Waals surface area contributed by atoms with Crippen LogP contribution in [0.3, 0.4) is 0 Å². The zero-order valence-corrected chi connectivity index (χ0v) is 70.4. The van der Waals surface area contributed by atoms with Gasteiger partial charge in [-0.25, -0.2) is 0 Å². The van der Waals surface area contributed by atoms with Gasteiger partial charge in [-0.2, -0.15) is 0 Å². The zero-order chi connectivity index (χ0) is 77.9. The molecule has 0 aromatic rings. The summed E-state index contributed by atoms with van der Waals surface area (Å²) in [6, 6.07) is -0.916. The summed E-state index contributed by atoms with van der Waals surface area (Å²) in [6.45, 7) is 2.87. The number of nitrogens with one attached hydrogen (secondary N) is 1. The molecule has 0 aromatic carbocycles. The van der Waals surface area contributed by atoms with E-state index in [1.54, 1.807) is 6.08 Å². The molecule has 636 valence electrons. The zero-order valence-electron chi connectivity index (χ0n) is 70.4. The molecular weight excluding hydrogens is 1350 g/mol. The molecule has 2 saturated heterocycles. The minimum Gasteiger partial charge on any atom is -0.394 e. The number of hydrogen-bond donors (Lipinski definition) is 9. The van der Waals surface area contributed by atoms with Crippen LogP contribution in [0.1, 0.15) is 450 Å². The topological polar surface area (TPSA) is 228 Å². The second-order valence-corrected chi connectivity index (χ2v) is 33.1. The summed E-state index contributed by atoms with van der Waals surface area (Å²) < 4.78 is 23.0. The van der Waals surface area contributed by atoms with Gasteiger partial charge in [-0.15, -0.1) is 0 Å². The van der Waals surface area contributed by atoms with Gasteiger partial charge in [0.1, 0.15) is 48.8 Å². The smallest absolute Gasteiger partial charge is 0.220 e. The highest BCUT2D eigenvalue weighted by Gasteiger charge is 2.51.